The minimum absolute atomic E-state index is 0. The zero-order valence-electron chi connectivity index (χ0n) is 15.1. The van der Waals surface area contributed by atoms with Gasteiger partial charge >= 0.3 is 0 Å². The van der Waals surface area contributed by atoms with Gasteiger partial charge in [-0.1, -0.05) is 7.43 Å². The van der Waals surface area contributed by atoms with E-state index in [2.05, 4.69) is 0 Å². The van der Waals surface area contributed by atoms with Gasteiger partial charge in [0.05, 0.1) is 17.6 Å². The van der Waals surface area contributed by atoms with Crippen LogP contribution < -0.4 is 5.43 Å². The first-order valence-electron chi connectivity index (χ1n) is 8.83. The maximum atomic E-state index is 12.9. The largest absolute Gasteiger partial charge is 0.507 e. The number of hydrogen-bond donors (Lipinski definition) is 8. The molecule has 5 unspecified atom stereocenters. The Kier molecular flexibility index (Phi) is 5.74. The zero-order chi connectivity index (χ0) is 21.9. The van der Waals surface area contributed by atoms with Crippen LogP contribution in [0.5, 0.6) is 23.0 Å². The highest BCUT2D eigenvalue weighted by molar-refractivity contribution is 5.96. The van der Waals surface area contributed by atoms with E-state index < -0.39 is 76.5 Å². The van der Waals surface area contributed by atoms with E-state index in [0.29, 0.717) is 0 Å². The van der Waals surface area contributed by atoms with Crippen molar-refractivity contribution in [3.05, 3.63) is 34.0 Å². The fourth-order valence-corrected chi connectivity index (χ4v) is 3.64. The molecule has 0 bridgehead atoms. The quantitative estimate of drug-likeness (QED) is 0.196. The molecule has 1 aromatic heterocycles. The molecule has 5 atom stereocenters. The average Bonchev–Trinajstić information content (AvgIpc) is 2.69. The van der Waals surface area contributed by atoms with Crippen molar-refractivity contribution in [2.24, 2.45) is 0 Å². The number of fused-ring (bicyclic) bond motifs is 2. The number of phenols is 4. The van der Waals surface area contributed by atoms with Gasteiger partial charge in [-0.05, 0) is 6.07 Å². The highest BCUT2D eigenvalue weighted by Crippen LogP contribution is 2.45. The maximum Gasteiger partial charge on any atom is 0.204 e. The van der Waals surface area contributed by atoms with E-state index in [1.165, 1.54) is 0 Å². The Hall–Kier alpha value is -3.09. The minimum atomic E-state index is -1.81. The molecule has 11 heteroatoms. The molecule has 1 aliphatic rings. The van der Waals surface area contributed by atoms with Crippen LogP contribution in [-0.4, -0.2) is 71.9 Å². The summed E-state index contributed by atoms with van der Waals surface area (Å²) in [5.74, 6) is -2.62. The summed E-state index contributed by atoms with van der Waals surface area (Å²) < 4.78 is 10.8. The molecule has 31 heavy (non-hydrogen) atoms. The molecular weight excluding hydrogens is 416 g/mol. The Labute approximate surface area is 174 Å². The lowest BCUT2D eigenvalue weighted by Gasteiger charge is -2.40. The lowest BCUT2D eigenvalue weighted by atomic mass is 9.89. The van der Waals surface area contributed by atoms with E-state index in [-0.39, 0.29) is 24.0 Å². The number of rotatable bonds is 2. The molecule has 1 fully saturated rings. The second kappa shape index (κ2) is 7.87. The van der Waals surface area contributed by atoms with Crippen LogP contribution in [0.1, 0.15) is 19.1 Å². The van der Waals surface area contributed by atoms with Crippen molar-refractivity contribution < 1.29 is 50.0 Å². The molecule has 1 saturated heterocycles. The molecular formula is C20H22O11. The molecule has 2 aromatic carbocycles. The number of aliphatic hydroxyl groups excluding tert-OH is 4. The lowest BCUT2D eigenvalue weighted by molar-refractivity contribution is -0.232. The minimum Gasteiger partial charge on any atom is -0.507 e. The van der Waals surface area contributed by atoms with Gasteiger partial charge < -0.3 is 50.0 Å². The third kappa shape index (κ3) is 3.32. The molecule has 0 aliphatic carbocycles. The van der Waals surface area contributed by atoms with Gasteiger partial charge in [-0.3, -0.25) is 4.79 Å². The Morgan fingerprint density at radius 1 is 0.839 bits per heavy atom. The normalized spacial score (nSPS) is 26.1. The Balaban J connectivity index is 0.00000272. The van der Waals surface area contributed by atoms with E-state index in [1.54, 1.807) is 0 Å². The van der Waals surface area contributed by atoms with Crippen molar-refractivity contribution >= 4 is 21.9 Å². The van der Waals surface area contributed by atoms with Crippen molar-refractivity contribution in [1.29, 1.82) is 0 Å². The Morgan fingerprint density at radius 3 is 2.10 bits per heavy atom. The van der Waals surface area contributed by atoms with Gasteiger partial charge in [0.1, 0.15) is 58.6 Å². The number of phenolic OH excluding ortho intramolecular Hbond substituents is 4. The van der Waals surface area contributed by atoms with Gasteiger partial charge in [-0.15, -0.1) is 0 Å². The molecule has 4 rings (SSSR count). The van der Waals surface area contributed by atoms with Gasteiger partial charge in [0.15, 0.2) is 11.5 Å². The molecule has 0 radical (unpaired) electrons. The summed E-state index contributed by atoms with van der Waals surface area (Å²) in [4.78, 5) is 12.9. The first-order chi connectivity index (χ1) is 14.1. The van der Waals surface area contributed by atoms with Gasteiger partial charge in [0.25, 0.3) is 0 Å². The summed E-state index contributed by atoms with van der Waals surface area (Å²) in [6.45, 7) is -0.730. The monoisotopic (exact) mass is 438 g/mol. The van der Waals surface area contributed by atoms with E-state index in [1.807, 2.05) is 0 Å². The SMILES string of the molecule is C.O=c1c2cc(O)c(O)cc2oc2cc(O)c(C3OC(CO)C(O)C(O)C3O)c(O)c12. The third-order valence-corrected chi connectivity index (χ3v) is 5.23. The molecule has 168 valence electrons. The topological polar surface area (TPSA) is 201 Å². The van der Waals surface area contributed by atoms with Gasteiger partial charge in [-0.2, -0.15) is 0 Å². The Bertz CT molecular complexity index is 1200. The van der Waals surface area contributed by atoms with Crippen LogP contribution in [0.3, 0.4) is 0 Å². The van der Waals surface area contributed by atoms with Gasteiger partial charge in [0, 0.05) is 12.1 Å². The number of aliphatic hydroxyl groups is 4. The fraction of sp³-hybridized carbons (Fsp3) is 0.350. The van der Waals surface area contributed by atoms with Crippen LogP contribution in [0, 0.1) is 0 Å². The summed E-state index contributed by atoms with van der Waals surface area (Å²) in [5, 5.41) is 79.4. The summed E-state index contributed by atoms with van der Waals surface area (Å²) in [5.41, 5.74) is -1.66. The standard InChI is InChI=1S/C19H18O11.CH4/c20-4-11-15(25)17(27)18(28)19(30-11)12-8(23)3-10-13(16(12)26)14(24)5-1-6(21)7(22)2-9(5)29-10;/h1-3,11,15,17-23,25-28H,4H2;1H4. The van der Waals surface area contributed by atoms with Crippen molar-refractivity contribution in [2.75, 3.05) is 6.61 Å². The van der Waals surface area contributed by atoms with Crippen LogP contribution in [-0.2, 0) is 4.74 Å². The fourth-order valence-electron chi connectivity index (χ4n) is 3.64. The second-order valence-corrected chi connectivity index (χ2v) is 7.05. The second-order valence-electron chi connectivity index (χ2n) is 7.05. The van der Waals surface area contributed by atoms with E-state index >= 15 is 0 Å². The predicted molar refractivity (Wildman–Crippen MR) is 106 cm³/mol. The van der Waals surface area contributed by atoms with Crippen LogP contribution >= 0.6 is 0 Å². The number of ether oxygens (including phenoxy) is 1. The molecule has 8 N–H and O–H groups in total. The van der Waals surface area contributed by atoms with Crippen molar-refractivity contribution in [1.82, 2.24) is 0 Å². The maximum absolute atomic E-state index is 12.9. The van der Waals surface area contributed by atoms with Crippen molar-refractivity contribution in [2.45, 2.75) is 37.9 Å². The highest BCUT2D eigenvalue weighted by atomic mass is 16.5. The van der Waals surface area contributed by atoms with Crippen LogP contribution in [0.25, 0.3) is 21.9 Å². The van der Waals surface area contributed by atoms with Gasteiger partial charge in [0.2, 0.25) is 5.43 Å². The molecule has 3 aromatic rings. The summed E-state index contributed by atoms with van der Waals surface area (Å²) in [7, 11) is 0. The van der Waals surface area contributed by atoms with E-state index in [9.17, 15) is 45.6 Å². The Morgan fingerprint density at radius 2 is 1.45 bits per heavy atom. The van der Waals surface area contributed by atoms with Gasteiger partial charge in [-0.25, -0.2) is 0 Å². The van der Waals surface area contributed by atoms with E-state index in [0.717, 1.165) is 18.2 Å². The number of aromatic hydroxyl groups is 4. The van der Waals surface area contributed by atoms with Crippen molar-refractivity contribution in [3.63, 3.8) is 0 Å². The molecule has 2 heterocycles. The van der Waals surface area contributed by atoms with E-state index in [4.69, 9.17) is 9.15 Å². The zero-order valence-corrected chi connectivity index (χ0v) is 15.1. The average molecular weight is 438 g/mol. The number of hydrogen-bond acceptors (Lipinski definition) is 11. The highest BCUT2D eigenvalue weighted by Gasteiger charge is 2.46. The summed E-state index contributed by atoms with van der Waals surface area (Å²) in [6, 6.07) is 2.90. The molecule has 0 spiro atoms. The first kappa shape index (κ1) is 22.6. The molecule has 1 aliphatic heterocycles. The van der Waals surface area contributed by atoms with Crippen LogP contribution in [0.15, 0.2) is 27.4 Å². The molecule has 0 saturated carbocycles. The molecule has 11 nitrogen and oxygen atoms in total. The van der Waals surface area contributed by atoms with Crippen molar-refractivity contribution in [3.8, 4) is 23.0 Å². The predicted octanol–water partition coefficient (Wildman–Crippen LogP) is -0.0804. The summed E-state index contributed by atoms with van der Waals surface area (Å²) in [6.07, 6.45) is -8.16. The van der Waals surface area contributed by atoms with Crippen LogP contribution in [0.2, 0.25) is 0 Å². The summed E-state index contributed by atoms with van der Waals surface area (Å²) >= 11 is 0. The first-order valence-corrected chi connectivity index (χ1v) is 8.83. The number of benzene rings is 2. The smallest absolute Gasteiger partial charge is 0.204 e. The molecule has 0 amide bonds. The van der Waals surface area contributed by atoms with Crippen LogP contribution in [0.4, 0.5) is 0 Å². The third-order valence-electron chi connectivity index (χ3n) is 5.23. The lowest BCUT2D eigenvalue weighted by Crippen LogP contribution is -2.55.